The molecule has 1 rings (SSSR count). The summed E-state index contributed by atoms with van der Waals surface area (Å²) < 4.78 is 0. The lowest BCUT2D eigenvalue weighted by molar-refractivity contribution is -0.137. The summed E-state index contributed by atoms with van der Waals surface area (Å²) >= 11 is 0. The van der Waals surface area contributed by atoms with Crippen molar-refractivity contribution in [3.05, 3.63) is 0 Å². The van der Waals surface area contributed by atoms with Gasteiger partial charge in [-0.2, -0.15) is 0 Å². The van der Waals surface area contributed by atoms with Crippen molar-refractivity contribution in [3.8, 4) is 0 Å². The van der Waals surface area contributed by atoms with Crippen molar-refractivity contribution in [2.45, 2.75) is 18.9 Å². The maximum absolute atomic E-state index is 9.94. The highest BCUT2D eigenvalue weighted by Crippen LogP contribution is 2.30. The Bertz CT molecular complexity index is 113. The number of nitrogens with two attached hydrogens (primary N) is 1. The second-order valence-electron chi connectivity index (χ2n) is 2.26. The number of carbonyl (C=O) groups is 1. The van der Waals surface area contributed by atoms with Gasteiger partial charge in [0.15, 0.2) is 0 Å². The topological polar surface area (TPSA) is 63.3 Å². The smallest absolute Gasteiger partial charge is 0.303 e. The number of aliphatic carboxylic acids is 1. The Morgan fingerprint density at radius 1 is 1.88 bits per heavy atom. The first-order chi connectivity index (χ1) is 3.70. The molecule has 2 atom stereocenters. The number of rotatable bonds is 2. The third-order valence-corrected chi connectivity index (χ3v) is 1.41. The highest BCUT2D eigenvalue weighted by Gasteiger charge is 2.34. The van der Waals surface area contributed by atoms with Gasteiger partial charge in [0.1, 0.15) is 0 Å². The first kappa shape index (κ1) is 5.56. The third kappa shape index (κ3) is 1.20. The fourth-order valence-corrected chi connectivity index (χ4v) is 0.730. The minimum Gasteiger partial charge on any atom is -0.481 e. The maximum atomic E-state index is 9.94. The molecule has 0 aromatic heterocycles. The number of carboxylic acid groups (broad SMARTS) is 1. The fourth-order valence-electron chi connectivity index (χ4n) is 0.730. The molecule has 3 heteroatoms. The van der Waals surface area contributed by atoms with Gasteiger partial charge in [-0.15, -0.1) is 0 Å². The van der Waals surface area contributed by atoms with Gasteiger partial charge in [-0.3, -0.25) is 4.79 Å². The zero-order valence-electron chi connectivity index (χ0n) is 4.50. The molecule has 0 heterocycles. The molecule has 0 aromatic rings. The lowest BCUT2D eigenvalue weighted by Crippen LogP contribution is -2.05. The maximum Gasteiger partial charge on any atom is 0.303 e. The number of hydrogen-bond donors (Lipinski definition) is 2. The molecule has 0 saturated heterocycles. The van der Waals surface area contributed by atoms with E-state index in [9.17, 15) is 4.79 Å². The minimum absolute atomic E-state index is 0.172. The normalized spacial score (nSPS) is 34.6. The average molecular weight is 115 g/mol. The van der Waals surface area contributed by atoms with E-state index in [1.807, 2.05) is 0 Å². The van der Waals surface area contributed by atoms with Crippen LogP contribution in [0.25, 0.3) is 0 Å². The van der Waals surface area contributed by atoms with E-state index in [1.54, 1.807) is 0 Å². The van der Waals surface area contributed by atoms with Crippen molar-refractivity contribution in [1.82, 2.24) is 0 Å². The lowest BCUT2D eigenvalue weighted by Gasteiger charge is -1.86. The first-order valence-electron chi connectivity index (χ1n) is 2.67. The van der Waals surface area contributed by atoms with E-state index < -0.39 is 5.97 Å². The molecule has 1 aliphatic carbocycles. The average Bonchev–Trinajstić information content (AvgIpc) is 2.17. The van der Waals surface area contributed by atoms with Gasteiger partial charge in [-0.05, 0) is 12.3 Å². The Morgan fingerprint density at radius 3 is 2.50 bits per heavy atom. The minimum atomic E-state index is -0.733. The van der Waals surface area contributed by atoms with Crippen molar-refractivity contribution in [2.75, 3.05) is 0 Å². The fraction of sp³-hybridized carbons (Fsp3) is 0.800. The van der Waals surface area contributed by atoms with Crippen LogP contribution in [0.4, 0.5) is 0 Å². The predicted octanol–water partition coefficient (Wildman–Crippen LogP) is -0.192. The highest BCUT2D eigenvalue weighted by molar-refractivity contribution is 5.67. The van der Waals surface area contributed by atoms with Crippen LogP contribution in [0.2, 0.25) is 0 Å². The van der Waals surface area contributed by atoms with Gasteiger partial charge in [0.05, 0.1) is 0 Å². The molecule has 0 aliphatic heterocycles. The zero-order chi connectivity index (χ0) is 6.15. The molecule has 0 radical (unpaired) electrons. The van der Waals surface area contributed by atoms with Crippen LogP contribution in [0.3, 0.4) is 0 Å². The van der Waals surface area contributed by atoms with Crippen LogP contribution < -0.4 is 5.73 Å². The van der Waals surface area contributed by atoms with E-state index in [0.717, 1.165) is 6.42 Å². The van der Waals surface area contributed by atoms with Crippen LogP contribution in [-0.2, 0) is 4.79 Å². The molecule has 0 aromatic carbocycles. The molecule has 8 heavy (non-hydrogen) atoms. The van der Waals surface area contributed by atoms with Crippen LogP contribution in [-0.4, -0.2) is 17.1 Å². The summed E-state index contributed by atoms with van der Waals surface area (Å²) in [6, 6.07) is 0.172. The molecule has 1 fully saturated rings. The lowest BCUT2D eigenvalue weighted by atomic mass is 10.3. The van der Waals surface area contributed by atoms with Crippen molar-refractivity contribution in [1.29, 1.82) is 0 Å². The van der Waals surface area contributed by atoms with E-state index in [0.29, 0.717) is 0 Å². The molecule has 3 N–H and O–H groups in total. The first-order valence-corrected chi connectivity index (χ1v) is 2.67. The Kier molecular flexibility index (Phi) is 1.21. The number of hydrogen-bond acceptors (Lipinski definition) is 2. The Balaban J connectivity index is 2.14. The van der Waals surface area contributed by atoms with Gasteiger partial charge < -0.3 is 10.8 Å². The summed E-state index contributed by atoms with van der Waals surface area (Å²) in [5.41, 5.74) is 5.35. The third-order valence-electron chi connectivity index (χ3n) is 1.41. The van der Waals surface area contributed by atoms with Crippen molar-refractivity contribution in [2.24, 2.45) is 11.7 Å². The van der Waals surface area contributed by atoms with Gasteiger partial charge in [-0.1, -0.05) is 0 Å². The quantitative estimate of drug-likeness (QED) is 0.524. The number of carboxylic acids is 1. The van der Waals surface area contributed by atoms with E-state index in [-0.39, 0.29) is 18.4 Å². The van der Waals surface area contributed by atoms with Crippen molar-refractivity contribution < 1.29 is 9.90 Å². The van der Waals surface area contributed by atoms with Crippen molar-refractivity contribution in [3.63, 3.8) is 0 Å². The predicted molar refractivity (Wildman–Crippen MR) is 28.3 cm³/mol. The van der Waals surface area contributed by atoms with Gasteiger partial charge in [-0.25, -0.2) is 0 Å². The molecule has 0 bridgehead atoms. The van der Waals surface area contributed by atoms with Crippen LogP contribution >= 0.6 is 0 Å². The van der Waals surface area contributed by atoms with E-state index >= 15 is 0 Å². The van der Waals surface area contributed by atoms with E-state index in [2.05, 4.69) is 0 Å². The molecule has 1 unspecified atom stereocenters. The van der Waals surface area contributed by atoms with Gasteiger partial charge in [0.25, 0.3) is 0 Å². The molecule has 3 nitrogen and oxygen atoms in total. The molecule has 1 saturated carbocycles. The molecule has 0 amide bonds. The summed E-state index contributed by atoms with van der Waals surface area (Å²) in [6.07, 6.45) is 1.15. The van der Waals surface area contributed by atoms with E-state index in [1.165, 1.54) is 0 Å². The van der Waals surface area contributed by atoms with Crippen LogP contribution in [0.1, 0.15) is 12.8 Å². The van der Waals surface area contributed by atoms with E-state index in [4.69, 9.17) is 10.8 Å². The highest BCUT2D eigenvalue weighted by atomic mass is 16.4. The SMILES string of the molecule is N[C@H]1CC1CC(=O)O. The van der Waals surface area contributed by atoms with Gasteiger partial charge in [0, 0.05) is 12.5 Å². The molecule has 1 aliphatic rings. The zero-order valence-corrected chi connectivity index (χ0v) is 4.50. The summed E-state index contributed by atoms with van der Waals surface area (Å²) in [6.45, 7) is 0. The standard InChI is InChI=1S/C5H9NO2/c6-4-1-3(4)2-5(7)8/h3-4H,1-2,6H2,(H,7,8)/t3?,4-/m0/s1. The summed E-state index contributed by atoms with van der Waals surface area (Å²) in [5.74, 6) is -0.463. The van der Waals surface area contributed by atoms with Crippen LogP contribution in [0.5, 0.6) is 0 Å². The van der Waals surface area contributed by atoms with Gasteiger partial charge >= 0.3 is 5.97 Å². The second kappa shape index (κ2) is 1.74. The van der Waals surface area contributed by atoms with Crippen LogP contribution in [0, 0.1) is 5.92 Å². The van der Waals surface area contributed by atoms with Gasteiger partial charge in [0.2, 0.25) is 0 Å². The Labute approximate surface area is 47.5 Å². The molecular weight excluding hydrogens is 106 g/mol. The summed E-state index contributed by atoms with van der Waals surface area (Å²) in [4.78, 5) is 9.94. The molecule has 46 valence electrons. The monoisotopic (exact) mass is 115 g/mol. The molecular formula is C5H9NO2. The Hall–Kier alpha value is -0.570. The second-order valence-corrected chi connectivity index (χ2v) is 2.26. The largest absolute Gasteiger partial charge is 0.481 e. The summed E-state index contributed by atoms with van der Waals surface area (Å²) in [5, 5.41) is 8.19. The summed E-state index contributed by atoms with van der Waals surface area (Å²) in [7, 11) is 0. The van der Waals surface area contributed by atoms with Crippen LogP contribution in [0.15, 0.2) is 0 Å². The molecule has 0 spiro atoms. The van der Waals surface area contributed by atoms with Crippen molar-refractivity contribution >= 4 is 5.97 Å². The Morgan fingerprint density at radius 2 is 2.38 bits per heavy atom.